The van der Waals surface area contributed by atoms with Crippen LogP contribution in [0.15, 0.2) is 52.5 Å². The molecule has 0 unspecified atom stereocenters. The average molecular weight is 497 g/mol. The Kier molecular flexibility index (Phi) is 5.78. The van der Waals surface area contributed by atoms with Crippen LogP contribution in [0, 0.1) is 6.92 Å². The fraction of sp³-hybridized carbons (Fsp3) is 0.304. The van der Waals surface area contributed by atoms with Crippen molar-refractivity contribution >= 4 is 49.9 Å². The third kappa shape index (κ3) is 3.93. The van der Waals surface area contributed by atoms with Crippen LogP contribution >= 0.6 is 11.8 Å². The first-order valence-corrected chi connectivity index (χ1v) is 13.3. The largest absolute Gasteiger partial charge is 0.311 e. The van der Waals surface area contributed by atoms with E-state index < -0.39 is 10.0 Å². The smallest absolute Gasteiger partial charge is 0.242 e. The zero-order valence-electron chi connectivity index (χ0n) is 19.1. The van der Waals surface area contributed by atoms with Gasteiger partial charge < -0.3 is 4.90 Å². The number of thioether (sulfide) groups is 1. The Hall–Kier alpha value is -3.02. The first-order valence-electron chi connectivity index (χ1n) is 10.9. The number of anilines is 1. The number of aryl methyl sites for hydroxylation is 2. The molecule has 34 heavy (non-hydrogen) atoms. The summed E-state index contributed by atoms with van der Waals surface area (Å²) in [7, 11) is -0.509. The molecule has 176 valence electrons. The Morgan fingerprint density at radius 2 is 1.94 bits per heavy atom. The second-order valence-electron chi connectivity index (χ2n) is 8.32. The van der Waals surface area contributed by atoms with Crippen molar-refractivity contribution < 1.29 is 13.2 Å². The molecule has 1 amide bonds. The van der Waals surface area contributed by atoms with Crippen LogP contribution in [0.4, 0.5) is 5.69 Å². The van der Waals surface area contributed by atoms with E-state index in [0.29, 0.717) is 17.5 Å². The van der Waals surface area contributed by atoms with E-state index in [1.54, 1.807) is 27.6 Å². The summed E-state index contributed by atoms with van der Waals surface area (Å²) in [6.45, 7) is 2.42. The molecule has 0 saturated carbocycles. The minimum absolute atomic E-state index is 0.0610. The molecule has 0 radical (unpaired) electrons. The lowest BCUT2D eigenvalue weighted by atomic mass is 10.0. The standard InChI is InChI=1S/C23H24N6O3S2/c1-15-24-22-18-8-4-5-9-19(18)25-23(29(22)26-15)33-14-21(30)28-12-6-7-16-13-17(10-11-20(16)28)34(31,32)27(2)3/h4-5,8-11,13H,6-7,12,14H2,1-3H3. The Bertz CT molecular complexity index is 1530. The van der Waals surface area contributed by atoms with Crippen LogP contribution in [-0.2, 0) is 21.2 Å². The van der Waals surface area contributed by atoms with Crippen LogP contribution in [0.2, 0.25) is 0 Å². The molecule has 2 aromatic heterocycles. The molecule has 1 aliphatic rings. The van der Waals surface area contributed by atoms with Crippen molar-refractivity contribution in [3.63, 3.8) is 0 Å². The molecule has 1 aliphatic heterocycles. The van der Waals surface area contributed by atoms with Crippen LogP contribution < -0.4 is 4.90 Å². The number of aromatic nitrogens is 4. The number of benzene rings is 2. The van der Waals surface area contributed by atoms with Gasteiger partial charge in [0.25, 0.3) is 0 Å². The van der Waals surface area contributed by atoms with Gasteiger partial charge in [-0.15, -0.1) is 5.10 Å². The molecule has 0 aliphatic carbocycles. The maximum Gasteiger partial charge on any atom is 0.242 e. The number of sulfonamides is 1. The van der Waals surface area contributed by atoms with Gasteiger partial charge in [0.1, 0.15) is 5.82 Å². The zero-order valence-corrected chi connectivity index (χ0v) is 20.7. The van der Waals surface area contributed by atoms with Crippen LogP contribution in [0.25, 0.3) is 16.6 Å². The third-order valence-corrected chi connectivity index (χ3v) is 8.55. The van der Waals surface area contributed by atoms with Gasteiger partial charge in [-0.25, -0.2) is 22.7 Å². The number of amides is 1. The second kappa shape index (κ2) is 8.64. The van der Waals surface area contributed by atoms with Gasteiger partial charge >= 0.3 is 0 Å². The first kappa shape index (κ1) is 22.8. The molecule has 0 bridgehead atoms. The first-order chi connectivity index (χ1) is 16.3. The van der Waals surface area contributed by atoms with E-state index in [2.05, 4.69) is 10.1 Å². The van der Waals surface area contributed by atoms with Gasteiger partial charge in [0.15, 0.2) is 10.8 Å². The topological polar surface area (TPSA) is 101 Å². The molecule has 3 heterocycles. The molecule has 2 aromatic carbocycles. The van der Waals surface area contributed by atoms with Crippen molar-refractivity contribution in [1.29, 1.82) is 0 Å². The molecular weight excluding hydrogens is 472 g/mol. The van der Waals surface area contributed by atoms with E-state index in [-0.39, 0.29) is 16.6 Å². The molecule has 11 heteroatoms. The van der Waals surface area contributed by atoms with Gasteiger partial charge in [-0.05, 0) is 55.7 Å². The highest BCUT2D eigenvalue weighted by Gasteiger charge is 2.26. The third-order valence-electron chi connectivity index (χ3n) is 5.83. The van der Waals surface area contributed by atoms with Gasteiger partial charge in [-0.2, -0.15) is 4.52 Å². The number of hydrogen-bond acceptors (Lipinski definition) is 7. The molecule has 9 nitrogen and oxygen atoms in total. The predicted octanol–water partition coefficient (Wildman–Crippen LogP) is 2.91. The van der Waals surface area contributed by atoms with Gasteiger partial charge in [0, 0.05) is 31.7 Å². The zero-order chi connectivity index (χ0) is 24.0. The highest BCUT2D eigenvalue weighted by molar-refractivity contribution is 7.99. The molecule has 0 atom stereocenters. The van der Waals surface area contributed by atoms with Crippen molar-refractivity contribution in [3.05, 3.63) is 53.9 Å². The fourth-order valence-electron chi connectivity index (χ4n) is 4.13. The van der Waals surface area contributed by atoms with E-state index in [4.69, 9.17) is 4.98 Å². The summed E-state index contributed by atoms with van der Waals surface area (Å²) in [5, 5.41) is 5.99. The Balaban J connectivity index is 1.42. The maximum atomic E-state index is 13.2. The van der Waals surface area contributed by atoms with Crippen molar-refractivity contribution in [3.8, 4) is 0 Å². The number of rotatable bonds is 5. The van der Waals surface area contributed by atoms with Crippen LogP contribution in [0.1, 0.15) is 17.8 Å². The highest BCUT2D eigenvalue weighted by Crippen LogP contribution is 2.31. The lowest BCUT2D eigenvalue weighted by Crippen LogP contribution is -2.37. The van der Waals surface area contributed by atoms with Gasteiger partial charge in [0.05, 0.1) is 16.2 Å². The fourth-order valence-corrected chi connectivity index (χ4v) is 5.91. The van der Waals surface area contributed by atoms with E-state index >= 15 is 0 Å². The lowest BCUT2D eigenvalue weighted by Gasteiger charge is -2.30. The number of para-hydroxylation sites is 1. The van der Waals surface area contributed by atoms with E-state index in [0.717, 1.165) is 40.6 Å². The van der Waals surface area contributed by atoms with E-state index in [1.165, 1.54) is 30.2 Å². The summed E-state index contributed by atoms with van der Waals surface area (Å²) >= 11 is 1.32. The number of fused-ring (bicyclic) bond motifs is 4. The Morgan fingerprint density at radius 3 is 2.74 bits per heavy atom. The Labute approximate surface area is 201 Å². The van der Waals surface area contributed by atoms with Crippen LogP contribution in [-0.4, -0.2) is 64.6 Å². The second-order valence-corrected chi connectivity index (χ2v) is 11.4. The lowest BCUT2D eigenvalue weighted by molar-refractivity contribution is -0.116. The highest BCUT2D eigenvalue weighted by atomic mass is 32.2. The summed E-state index contributed by atoms with van der Waals surface area (Å²) < 4.78 is 27.9. The number of carbonyl (C=O) groups is 1. The van der Waals surface area contributed by atoms with Gasteiger partial charge in [-0.3, -0.25) is 4.79 Å². The minimum atomic E-state index is -3.53. The quantitative estimate of drug-likeness (QED) is 0.309. The monoisotopic (exact) mass is 496 g/mol. The summed E-state index contributed by atoms with van der Waals surface area (Å²) in [5.41, 5.74) is 3.15. The molecule has 0 fully saturated rings. The average Bonchev–Trinajstić information content (AvgIpc) is 3.23. The SMILES string of the molecule is Cc1nc2c3ccccc3nc(SCC(=O)N3CCCc4cc(S(=O)(=O)N(C)C)ccc43)n2n1. The summed E-state index contributed by atoms with van der Waals surface area (Å²) in [4.78, 5) is 24.5. The molecule has 4 aromatic rings. The number of carbonyl (C=O) groups excluding carboxylic acids is 1. The number of hydrogen-bond donors (Lipinski definition) is 0. The number of nitrogens with zero attached hydrogens (tertiary/aromatic N) is 6. The molecule has 0 spiro atoms. The van der Waals surface area contributed by atoms with E-state index in [9.17, 15) is 13.2 Å². The molecule has 0 saturated heterocycles. The van der Waals surface area contributed by atoms with E-state index in [1.807, 2.05) is 31.2 Å². The molecule has 5 rings (SSSR count). The van der Waals surface area contributed by atoms with Gasteiger partial charge in [-0.1, -0.05) is 23.9 Å². The van der Waals surface area contributed by atoms with Crippen molar-refractivity contribution in [2.45, 2.75) is 29.8 Å². The van der Waals surface area contributed by atoms with Gasteiger partial charge in [0.2, 0.25) is 15.9 Å². The van der Waals surface area contributed by atoms with Crippen molar-refractivity contribution in [2.24, 2.45) is 0 Å². The van der Waals surface area contributed by atoms with Crippen molar-refractivity contribution in [2.75, 3.05) is 31.3 Å². The molecular formula is C23H24N6O3S2. The Morgan fingerprint density at radius 1 is 1.15 bits per heavy atom. The van der Waals surface area contributed by atoms with Crippen LogP contribution in [0.5, 0.6) is 0 Å². The van der Waals surface area contributed by atoms with Crippen molar-refractivity contribution in [1.82, 2.24) is 23.9 Å². The normalized spacial score (nSPS) is 14.2. The summed E-state index contributed by atoms with van der Waals surface area (Å²) in [6.07, 6.45) is 1.50. The predicted molar refractivity (Wildman–Crippen MR) is 132 cm³/mol. The summed E-state index contributed by atoms with van der Waals surface area (Å²) in [5.74, 6) is 0.755. The molecule has 0 N–H and O–H groups in total. The minimum Gasteiger partial charge on any atom is -0.311 e. The maximum absolute atomic E-state index is 13.2. The van der Waals surface area contributed by atoms with Crippen LogP contribution in [0.3, 0.4) is 0 Å². The summed E-state index contributed by atoms with van der Waals surface area (Å²) in [6, 6.07) is 12.7.